The number of hydrogen-bond donors (Lipinski definition) is 2. The van der Waals surface area contributed by atoms with Gasteiger partial charge in [-0.25, -0.2) is 0 Å². The first-order chi connectivity index (χ1) is 13.4. The van der Waals surface area contributed by atoms with Gasteiger partial charge in [0.25, 0.3) is 5.91 Å². The van der Waals surface area contributed by atoms with Crippen molar-refractivity contribution in [1.29, 1.82) is 0 Å². The molecule has 2 aromatic rings. The van der Waals surface area contributed by atoms with Gasteiger partial charge < -0.3 is 19.9 Å². The first kappa shape index (κ1) is 20.3. The normalized spacial score (nSPS) is 22.6. The lowest BCUT2D eigenvalue weighted by Crippen LogP contribution is -2.65. The average molecular weight is 385 g/mol. The van der Waals surface area contributed by atoms with Gasteiger partial charge in [0.2, 0.25) is 0 Å². The molecule has 0 spiro atoms. The molecule has 150 valence electrons. The van der Waals surface area contributed by atoms with E-state index in [2.05, 4.69) is 15.2 Å². The average Bonchev–Trinajstić information content (AvgIpc) is 2.71. The first-order valence-electron chi connectivity index (χ1n) is 9.33. The van der Waals surface area contributed by atoms with Crippen LogP contribution in [0, 0.1) is 6.92 Å². The Bertz CT molecular complexity index is 815. The zero-order valence-electron chi connectivity index (χ0n) is 16.5. The van der Waals surface area contributed by atoms with Crippen molar-refractivity contribution < 1.29 is 19.4 Å². The summed E-state index contributed by atoms with van der Waals surface area (Å²) in [5.74, 6) is 1.05. The zero-order valence-corrected chi connectivity index (χ0v) is 16.5. The summed E-state index contributed by atoms with van der Waals surface area (Å²) in [5, 5.41) is 12.9. The number of pyridine rings is 1. The van der Waals surface area contributed by atoms with Gasteiger partial charge in [-0.3, -0.25) is 14.7 Å². The summed E-state index contributed by atoms with van der Waals surface area (Å²) in [6.07, 6.45) is 3.30. The van der Waals surface area contributed by atoms with Crippen LogP contribution in [-0.2, 0) is 4.74 Å². The molecule has 28 heavy (non-hydrogen) atoms. The van der Waals surface area contributed by atoms with E-state index in [9.17, 15) is 9.90 Å². The van der Waals surface area contributed by atoms with Gasteiger partial charge in [-0.15, -0.1) is 0 Å². The van der Waals surface area contributed by atoms with E-state index in [1.807, 2.05) is 27.0 Å². The molecule has 0 aliphatic carbocycles. The van der Waals surface area contributed by atoms with E-state index in [-0.39, 0.29) is 25.1 Å². The van der Waals surface area contributed by atoms with Gasteiger partial charge in [0.05, 0.1) is 25.4 Å². The Morgan fingerprint density at radius 2 is 2.14 bits per heavy atom. The lowest BCUT2D eigenvalue weighted by atomic mass is 9.96. The highest BCUT2D eigenvalue weighted by molar-refractivity contribution is 5.94. The lowest BCUT2D eigenvalue weighted by Gasteiger charge is -2.47. The summed E-state index contributed by atoms with van der Waals surface area (Å²) >= 11 is 0. The van der Waals surface area contributed by atoms with Crippen molar-refractivity contribution in [2.75, 3.05) is 33.4 Å². The van der Waals surface area contributed by atoms with E-state index in [1.54, 1.807) is 36.7 Å². The van der Waals surface area contributed by atoms with Crippen LogP contribution < -0.4 is 10.1 Å². The topological polar surface area (TPSA) is 83.9 Å². The van der Waals surface area contributed by atoms with Gasteiger partial charge in [0.15, 0.2) is 0 Å². The molecule has 1 amide bonds. The van der Waals surface area contributed by atoms with Crippen molar-refractivity contribution in [2.45, 2.75) is 25.4 Å². The number of benzene rings is 1. The van der Waals surface area contributed by atoms with Gasteiger partial charge in [0.1, 0.15) is 11.5 Å². The number of aliphatic hydroxyl groups excluding tert-OH is 1. The molecule has 3 rings (SSSR count). The molecule has 0 unspecified atom stereocenters. The maximum absolute atomic E-state index is 12.7. The Labute approximate surface area is 165 Å². The van der Waals surface area contributed by atoms with Gasteiger partial charge in [-0.1, -0.05) is 6.07 Å². The van der Waals surface area contributed by atoms with Crippen LogP contribution in [0.15, 0.2) is 42.7 Å². The summed E-state index contributed by atoms with van der Waals surface area (Å²) in [6.45, 7) is 5.13. The number of aryl methyl sites for hydroxylation is 1. The second-order valence-electron chi connectivity index (χ2n) is 7.31. The molecular weight excluding hydrogens is 358 g/mol. The van der Waals surface area contributed by atoms with Crippen molar-refractivity contribution in [1.82, 2.24) is 15.2 Å². The number of likely N-dealkylation sites (N-methyl/N-ethyl adjacent to an activating group) is 1. The van der Waals surface area contributed by atoms with Crippen molar-refractivity contribution >= 4 is 5.91 Å². The molecule has 0 radical (unpaired) electrons. The summed E-state index contributed by atoms with van der Waals surface area (Å²) < 4.78 is 11.5. The van der Waals surface area contributed by atoms with Gasteiger partial charge in [-0.05, 0) is 50.7 Å². The molecule has 1 fully saturated rings. The second kappa shape index (κ2) is 8.68. The van der Waals surface area contributed by atoms with Gasteiger partial charge in [0, 0.05) is 30.5 Å². The molecule has 1 aliphatic rings. The number of nitrogens with one attached hydrogen (secondary N) is 1. The fourth-order valence-electron chi connectivity index (χ4n) is 3.22. The van der Waals surface area contributed by atoms with Crippen LogP contribution in [0.3, 0.4) is 0 Å². The van der Waals surface area contributed by atoms with E-state index in [0.29, 0.717) is 30.3 Å². The summed E-state index contributed by atoms with van der Waals surface area (Å²) in [7, 11) is 1.95. The van der Waals surface area contributed by atoms with Gasteiger partial charge >= 0.3 is 0 Å². The third kappa shape index (κ3) is 4.32. The highest BCUT2D eigenvalue weighted by atomic mass is 16.5. The van der Waals surface area contributed by atoms with Crippen LogP contribution in [0.25, 0.3) is 0 Å². The SMILES string of the molecule is Cc1ccc(C(=O)NC[C@]2(CO)COC[C@@H](C)N2C)cc1Oc1ccncc1. The van der Waals surface area contributed by atoms with Crippen LogP contribution >= 0.6 is 0 Å². The molecule has 1 aromatic carbocycles. The van der Waals surface area contributed by atoms with E-state index < -0.39 is 5.54 Å². The van der Waals surface area contributed by atoms with E-state index in [4.69, 9.17) is 9.47 Å². The van der Waals surface area contributed by atoms with Crippen LogP contribution in [-0.4, -0.2) is 65.9 Å². The molecular formula is C21H27N3O4. The molecule has 2 heterocycles. The Hall–Kier alpha value is -2.48. The summed E-state index contributed by atoms with van der Waals surface area (Å²) in [6, 6.07) is 9.03. The van der Waals surface area contributed by atoms with Crippen LogP contribution in [0.5, 0.6) is 11.5 Å². The predicted molar refractivity (Wildman–Crippen MR) is 106 cm³/mol. The highest BCUT2D eigenvalue weighted by Crippen LogP contribution is 2.26. The number of nitrogens with zero attached hydrogens (tertiary/aromatic N) is 2. The minimum atomic E-state index is -0.631. The van der Waals surface area contributed by atoms with Crippen LogP contribution in [0.4, 0.5) is 0 Å². The third-order valence-corrected chi connectivity index (χ3v) is 5.34. The molecule has 2 N–H and O–H groups in total. The van der Waals surface area contributed by atoms with E-state index >= 15 is 0 Å². The number of carbonyl (C=O) groups excluding carboxylic acids is 1. The zero-order chi connectivity index (χ0) is 20.1. The number of aliphatic hydroxyl groups is 1. The Balaban J connectivity index is 1.71. The maximum atomic E-state index is 12.7. The van der Waals surface area contributed by atoms with Crippen molar-refractivity contribution in [2.24, 2.45) is 0 Å². The third-order valence-electron chi connectivity index (χ3n) is 5.34. The molecule has 0 saturated carbocycles. The minimum Gasteiger partial charge on any atom is -0.457 e. The predicted octanol–water partition coefficient (Wildman–Crippen LogP) is 1.99. The highest BCUT2D eigenvalue weighted by Gasteiger charge is 2.40. The van der Waals surface area contributed by atoms with Gasteiger partial charge in [-0.2, -0.15) is 0 Å². The molecule has 7 nitrogen and oxygen atoms in total. The smallest absolute Gasteiger partial charge is 0.251 e. The molecule has 0 bridgehead atoms. The largest absolute Gasteiger partial charge is 0.457 e. The minimum absolute atomic E-state index is 0.0988. The number of rotatable bonds is 6. The van der Waals surface area contributed by atoms with Crippen molar-refractivity contribution in [3.05, 3.63) is 53.9 Å². The van der Waals surface area contributed by atoms with Crippen molar-refractivity contribution in [3.63, 3.8) is 0 Å². The quantitative estimate of drug-likeness (QED) is 0.791. The molecule has 1 aliphatic heterocycles. The monoisotopic (exact) mass is 385 g/mol. The molecule has 1 aromatic heterocycles. The summed E-state index contributed by atoms with van der Waals surface area (Å²) in [4.78, 5) is 18.8. The van der Waals surface area contributed by atoms with Crippen molar-refractivity contribution in [3.8, 4) is 11.5 Å². The van der Waals surface area contributed by atoms with Crippen LogP contribution in [0.2, 0.25) is 0 Å². The Kier molecular flexibility index (Phi) is 6.28. The maximum Gasteiger partial charge on any atom is 0.251 e. The number of amides is 1. The molecule has 1 saturated heterocycles. The lowest BCUT2D eigenvalue weighted by molar-refractivity contribution is -0.105. The number of ether oxygens (including phenoxy) is 2. The Morgan fingerprint density at radius 1 is 1.39 bits per heavy atom. The summed E-state index contributed by atoms with van der Waals surface area (Å²) in [5.41, 5.74) is 0.790. The van der Waals surface area contributed by atoms with E-state index in [0.717, 1.165) is 5.56 Å². The number of aromatic nitrogens is 1. The standard InChI is InChI=1S/C21H27N3O4/c1-15-4-5-17(10-19(15)28-18-6-8-22-9-7-18)20(26)23-12-21(13-25)14-27-11-16(2)24(21)3/h4-10,16,25H,11-14H2,1-3H3,(H,23,26)/t16-,21+/m1/s1. The number of morpholine rings is 1. The molecule has 7 heteroatoms. The van der Waals surface area contributed by atoms with E-state index in [1.165, 1.54) is 0 Å². The number of hydrogen-bond acceptors (Lipinski definition) is 6. The first-order valence-corrected chi connectivity index (χ1v) is 9.33. The number of carbonyl (C=O) groups is 1. The van der Waals surface area contributed by atoms with Crippen LogP contribution in [0.1, 0.15) is 22.8 Å². The Morgan fingerprint density at radius 3 is 2.86 bits per heavy atom. The second-order valence-corrected chi connectivity index (χ2v) is 7.31. The molecule has 2 atom stereocenters. The fraction of sp³-hybridized carbons (Fsp3) is 0.429. The fourth-order valence-corrected chi connectivity index (χ4v) is 3.22.